The molecule has 216 valence electrons. The highest BCUT2D eigenvalue weighted by Gasteiger charge is 2.53. The van der Waals surface area contributed by atoms with E-state index in [0.717, 1.165) is 42.6 Å². The molecule has 14 nitrogen and oxygen atoms in total. The molecule has 0 spiro atoms. The summed E-state index contributed by atoms with van der Waals surface area (Å²) in [5.74, 6) is -1.01. The van der Waals surface area contributed by atoms with Gasteiger partial charge < -0.3 is 29.9 Å². The van der Waals surface area contributed by atoms with E-state index >= 15 is 0 Å². The van der Waals surface area contributed by atoms with Gasteiger partial charge in [0.15, 0.2) is 11.3 Å². The number of nitrogens with two attached hydrogens (primary N) is 1. The van der Waals surface area contributed by atoms with E-state index in [4.69, 9.17) is 5.73 Å². The zero-order valence-corrected chi connectivity index (χ0v) is 23.4. The van der Waals surface area contributed by atoms with Gasteiger partial charge in [-0.15, -0.1) is 11.8 Å². The van der Waals surface area contributed by atoms with Crippen LogP contribution in [0.15, 0.2) is 34.8 Å². The van der Waals surface area contributed by atoms with Crippen molar-refractivity contribution in [2.45, 2.75) is 42.5 Å². The first-order valence-corrected chi connectivity index (χ1v) is 14.7. The summed E-state index contributed by atoms with van der Waals surface area (Å²) in [6, 6.07) is 2.93. The molecule has 0 aliphatic carbocycles. The number of aliphatic carboxylic acids is 1. The summed E-state index contributed by atoms with van der Waals surface area (Å²) in [5.41, 5.74) is 6.70. The molecule has 0 bridgehead atoms. The summed E-state index contributed by atoms with van der Waals surface area (Å²) >= 11 is 2.68. The van der Waals surface area contributed by atoms with Gasteiger partial charge in [0.1, 0.15) is 11.6 Å². The quantitative estimate of drug-likeness (QED) is 0.0674. The first kappa shape index (κ1) is 28.5. The van der Waals surface area contributed by atoms with Crippen molar-refractivity contribution in [1.82, 2.24) is 29.8 Å². The lowest BCUT2D eigenvalue weighted by atomic mass is 9.93. The second-order valence-corrected chi connectivity index (χ2v) is 11.6. The van der Waals surface area contributed by atoms with E-state index in [-0.39, 0.29) is 28.9 Å². The van der Waals surface area contributed by atoms with E-state index in [9.17, 15) is 19.1 Å². The number of aromatic nitrogens is 3. The number of carbonyl (C=O) groups is 2. The van der Waals surface area contributed by atoms with Gasteiger partial charge in [-0.25, -0.2) is 13.9 Å². The zero-order valence-electron chi connectivity index (χ0n) is 21.8. The van der Waals surface area contributed by atoms with Crippen molar-refractivity contribution < 1.29 is 28.5 Å². The van der Waals surface area contributed by atoms with Crippen molar-refractivity contribution in [3.63, 3.8) is 0 Å². The monoisotopic (exact) mass is 595 g/mol. The van der Waals surface area contributed by atoms with Gasteiger partial charge in [-0.3, -0.25) is 20.2 Å². The number of fused-ring (bicyclic) bond motifs is 2. The third-order valence-corrected chi connectivity index (χ3v) is 9.24. The third kappa shape index (κ3) is 5.88. The van der Waals surface area contributed by atoms with E-state index in [0.29, 0.717) is 18.8 Å². The molecule has 2 aromatic rings. The Morgan fingerprint density at radius 2 is 2.30 bits per heavy atom. The number of imidazole rings is 1. The lowest BCUT2D eigenvalue weighted by molar-refractivity contribution is -0.679. The van der Waals surface area contributed by atoms with Gasteiger partial charge in [0, 0.05) is 24.8 Å². The van der Waals surface area contributed by atoms with Crippen LogP contribution in [0, 0.1) is 5.92 Å². The van der Waals surface area contributed by atoms with E-state index in [1.807, 2.05) is 41.2 Å². The van der Waals surface area contributed by atoms with Crippen LogP contribution in [0.5, 0.6) is 0 Å². The average molecular weight is 596 g/mol. The number of rotatable bonds is 12. The highest BCUT2D eigenvalue weighted by molar-refractivity contribution is 8.00. The van der Waals surface area contributed by atoms with Gasteiger partial charge in [-0.2, -0.15) is 0 Å². The van der Waals surface area contributed by atoms with Crippen LogP contribution in [0.25, 0.3) is 11.2 Å². The molecule has 2 aromatic heterocycles. The van der Waals surface area contributed by atoms with Gasteiger partial charge in [0.25, 0.3) is 12.8 Å². The van der Waals surface area contributed by atoms with Crippen LogP contribution in [0.4, 0.5) is 4.39 Å². The van der Waals surface area contributed by atoms with Crippen molar-refractivity contribution in [2.75, 3.05) is 32.8 Å². The Morgan fingerprint density at radius 1 is 1.45 bits per heavy atom. The lowest BCUT2D eigenvalue weighted by Crippen LogP contribution is -2.73. The standard InChI is InChI=1S/C23H31FN10O4S2/c1-26-5-3-7-33-12-27-19-15(33)4-2-6-32(19)8-13-10-39-21-14(9-34(21)17(13)22(36)37)28-20(35)16(30-38-11-24)18-29-23(25)40-31-18/h2,4,6,12-14,17,21,23,26H,3,5,7-11,25H2,1H3,(H2-,28,29,31,35,36,37)/p+1/b30-16-/t13?,14-,17?,21-,23?/m1/s1. The molecule has 1 amide bonds. The number of amides is 1. The smallest absolute Gasteiger partial charge is 0.348 e. The second-order valence-electron chi connectivity index (χ2n) is 9.57. The molecule has 3 aliphatic rings. The summed E-state index contributed by atoms with van der Waals surface area (Å²) in [6.07, 6.45) is 4.74. The number of halogens is 1. The van der Waals surface area contributed by atoms with Crippen LogP contribution < -0.4 is 25.7 Å². The Balaban J connectivity index is 1.26. The average Bonchev–Trinajstić information content (AvgIpc) is 3.54. The Hall–Kier alpha value is -2.99. The van der Waals surface area contributed by atoms with Gasteiger partial charge in [0.2, 0.25) is 12.0 Å². The lowest BCUT2D eigenvalue weighted by Gasteiger charge is -2.54. The van der Waals surface area contributed by atoms with Crippen molar-refractivity contribution in [1.29, 1.82) is 0 Å². The normalized spacial score (nSPS) is 26.5. The number of hydrogen-bond donors (Lipinski definition) is 5. The number of aryl methyl sites for hydroxylation is 1. The molecule has 5 heterocycles. The van der Waals surface area contributed by atoms with E-state index in [2.05, 4.69) is 39.9 Å². The van der Waals surface area contributed by atoms with Crippen molar-refractivity contribution in [3.05, 3.63) is 24.7 Å². The number of oxime groups is 1. The van der Waals surface area contributed by atoms with E-state index in [1.165, 1.54) is 0 Å². The molecule has 3 aliphatic heterocycles. The maximum absolute atomic E-state index is 13.0. The Bertz CT molecular complexity index is 1310. The Kier molecular flexibility index (Phi) is 9.04. The highest BCUT2D eigenvalue weighted by Crippen LogP contribution is 2.40. The number of alkyl halides is 1. The van der Waals surface area contributed by atoms with E-state index < -0.39 is 30.3 Å². The first-order valence-electron chi connectivity index (χ1n) is 12.8. The predicted molar refractivity (Wildman–Crippen MR) is 149 cm³/mol. The summed E-state index contributed by atoms with van der Waals surface area (Å²) < 4.78 is 19.5. The number of pyridine rings is 1. The number of amidine groups is 1. The van der Waals surface area contributed by atoms with Gasteiger partial charge in [-0.1, -0.05) is 5.16 Å². The maximum atomic E-state index is 13.0. The van der Waals surface area contributed by atoms with Crippen LogP contribution >= 0.6 is 23.7 Å². The zero-order chi connectivity index (χ0) is 28.2. The van der Waals surface area contributed by atoms with Gasteiger partial charge >= 0.3 is 11.6 Å². The van der Waals surface area contributed by atoms with Gasteiger partial charge in [0.05, 0.1) is 24.2 Å². The fourth-order valence-electron chi connectivity index (χ4n) is 5.20. The fourth-order valence-corrected chi connectivity index (χ4v) is 7.27. The maximum Gasteiger partial charge on any atom is 0.348 e. The van der Waals surface area contributed by atoms with Crippen LogP contribution in [-0.4, -0.2) is 98.7 Å². The number of carboxylic acid groups (broad SMARTS) is 1. The number of carbonyl (C=O) groups excluding carboxylic acids is 1. The van der Waals surface area contributed by atoms with Crippen LogP contribution in [0.1, 0.15) is 6.42 Å². The molecule has 5 atom stereocenters. The molecular weight excluding hydrogens is 563 g/mol. The fraction of sp³-hybridized carbons (Fsp3) is 0.565. The SMILES string of the molecule is CNCCCn1cnc2c1ccc[n+]2CC1CS[C@@H]2[C@H](NC(=O)/C(=N\OCF)C3=NC(N)SN3)CN2C1C(=O)O. The third-order valence-electron chi connectivity index (χ3n) is 7.02. The summed E-state index contributed by atoms with van der Waals surface area (Å²) in [6.45, 7) is 1.38. The number of thioether (sulfide) groups is 1. The second kappa shape index (κ2) is 12.7. The summed E-state index contributed by atoms with van der Waals surface area (Å²) in [7, 11) is 1.92. The minimum absolute atomic E-state index is 0.0927. The highest BCUT2D eigenvalue weighted by atomic mass is 32.2. The van der Waals surface area contributed by atoms with Crippen molar-refractivity contribution in [2.24, 2.45) is 21.8 Å². The molecule has 0 aromatic carbocycles. The molecule has 2 fully saturated rings. The van der Waals surface area contributed by atoms with E-state index in [1.54, 1.807) is 11.8 Å². The number of carboxylic acids is 1. The molecule has 6 N–H and O–H groups in total. The summed E-state index contributed by atoms with van der Waals surface area (Å²) in [5, 5.41) is 19.5. The Labute approximate surface area is 238 Å². The molecule has 5 rings (SSSR count). The molecule has 17 heteroatoms. The molecule has 0 saturated carbocycles. The number of hydrogen-bond acceptors (Lipinski definition) is 12. The van der Waals surface area contributed by atoms with Crippen LogP contribution in [0.3, 0.4) is 0 Å². The van der Waals surface area contributed by atoms with Crippen LogP contribution in [-0.2, 0) is 27.5 Å². The number of nitrogens with one attached hydrogen (secondary N) is 3. The number of aliphatic imine (C=N–C) groups is 1. The number of nitrogens with zero attached hydrogens (tertiary/aromatic N) is 6. The van der Waals surface area contributed by atoms with Crippen molar-refractivity contribution in [3.8, 4) is 0 Å². The molecule has 3 unspecified atom stereocenters. The topological polar surface area (TPSA) is 175 Å². The first-order chi connectivity index (χ1) is 19.4. The van der Waals surface area contributed by atoms with Crippen molar-refractivity contribution >= 4 is 58.3 Å². The van der Waals surface area contributed by atoms with Crippen LogP contribution in [0.2, 0.25) is 0 Å². The minimum atomic E-state index is -1.21. The Morgan fingerprint density at radius 3 is 3.02 bits per heavy atom. The molecular formula is C23H32FN10O4S2+. The predicted octanol–water partition coefficient (Wildman–Crippen LogP) is -0.932. The molecule has 0 radical (unpaired) electrons. The molecule has 2 saturated heterocycles. The largest absolute Gasteiger partial charge is 0.480 e. The molecule has 40 heavy (non-hydrogen) atoms. The minimum Gasteiger partial charge on any atom is -0.480 e. The summed E-state index contributed by atoms with van der Waals surface area (Å²) in [4.78, 5) is 40.5. The van der Waals surface area contributed by atoms with Gasteiger partial charge in [-0.05, 0) is 49.1 Å².